The summed E-state index contributed by atoms with van der Waals surface area (Å²) in [5.41, 5.74) is 2.60. The maximum Gasteiger partial charge on any atom is 0.248 e. The van der Waals surface area contributed by atoms with Crippen LogP contribution in [-0.4, -0.2) is 20.1 Å². The summed E-state index contributed by atoms with van der Waals surface area (Å²) in [7, 11) is 3.15. The molecule has 2 rings (SSSR count). The van der Waals surface area contributed by atoms with Crippen LogP contribution >= 0.6 is 0 Å². The first kappa shape index (κ1) is 15.6. The molecule has 0 aromatic heterocycles. The Hall–Kier alpha value is -2.75. The van der Waals surface area contributed by atoms with Gasteiger partial charge in [0.2, 0.25) is 5.91 Å². The Kier molecular flexibility index (Phi) is 5.20. The number of benzene rings is 2. The van der Waals surface area contributed by atoms with Crippen molar-refractivity contribution in [3.05, 3.63) is 59.7 Å². The molecule has 0 atom stereocenters. The average molecular weight is 297 g/mol. The molecule has 4 heteroatoms. The highest BCUT2D eigenvalue weighted by Gasteiger charge is 2.07. The first-order valence-corrected chi connectivity index (χ1v) is 6.91. The lowest BCUT2D eigenvalue weighted by molar-refractivity contribution is -0.111. The van der Waals surface area contributed by atoms with E-state index in [4.69, 9.17) is 9.47 Å². The number of amides is 1. The van der Waals surface area contributed by atoms with Gasteiger partial charge >= 0.3 is 0 Å². The number of aryl methyl sites for hydroxylation is 1. The molecule has 0 radical (unpaired) electrons. The molecule has 22 heavy (non-hydrogen) atoms. The van der Waals surface area contributed by atoms with Crippen LogP contribution < -0.4 is 14.8 Å². The van der Waals surface area contributed by atoms with E-state index in [1.165, 1.54) is 6.08 Å². The molecule has 0 aliphatic rings. The second kappa shape index (κ2) is 7.31. The van der Waals surface area contributed by atoms with Gasteiger partial charge in [0.1, 0.15) is 0 Å². The number of carbonyl (C=O) groups excluding carboxylic acids is 1. The van der Waals surface area contributed by atoms with E-state index in [0.717, 1.165) is 16.8 Å². The number of anilines is 1. The van der Waals surface area contributed by atoms with E-state index in [1.807, 2.05) is 49.4 Å². The van der Waals surface area contributed by atoms with Gasteiger partial charge in [-0.3, -0.25) is 4.79 Å². The van der Waals surface area contributed by atoms with E-state index in [0.29, 0.717) is 11.5 Å². The molecule has 0 bridgehead atoms. The minimum Gasteiger partial charge on any atom is -0.493 e. The van der Waals surface area contributed by atoms with Gasteiger partial charge in [0, 0.05) is 17.3 Å². The fourth-order valence-electron chi connectivity index (χ4n) is 2.10. The first-order valence-electron chi connectivity index (χ1n) is 6.91. The van der Waals surface area contributed by atoms with Gasteiger partial charge in [-0.2, -0.15) is 0 Å². The van der Waals surface area contributed by atoms with Gasteiger partial charge in [0.25, 0.3) is 0 Å². The number of ether oxygens (including phenoxy) is 2. The van der Waals surface area contributed by atoms with Crippen molar-refractivity contribution < 1.29 is 14.3 Å². The van der Waals surface area contributed by atoms with Crippen LogP contribution in [0.25, 0.3) is 6.08 Å². The van der Waals surface area contributed by atoms with Gasteiger partial charge in [0.15, 0.2) is 11.5 Å². The van der Waals surface area contributed by atoms with Crippen molar-refractivity contribution in [1.29, 1.82) is 0 Å². The van der Waals surface area contributed by atoms with Gasteiger partial charge in [-0.15, -0.1) is 0 Å². The Balaban J connectivity index is 2.15. The molecular formula is C18H19NO3. The molecule has 0 saturated carbocycles. The highest BCUT2D eigenvalue weighted by molar-refractivity contribution is 6.02. The van der Waals surface area contributed by atoms with Crippen LogP contribution in [0, 0.1) is 6.92 Å². The van der Waals surface area contributed by atoms with Crippen molar-refractivity contribution in [2.24, 2.45) is 0 Å². The minimum absolute atomic E-state index is 0.195. The summed E-state index contributed by atoms with van der Waals surface area (Å²) in [6, 6.07) is 13.2. The number of para-hydroxylation sites is 2. The summed E-state index contributed by atoms with van der Waals surface area (Å²) in [6.07, 6.45) is 3.18. The van der Waals surface area contributed by atoms with Crippen molar-refractivity contribution in [2.75, 3.05) is 19.5 Å². The molecule has 0 unspecified atom stereocenters. The molecule has 114 valence electrons. The lowest BCUT2D eigenvalue weighted by Gasteiger charge is -2.10. The maximum absolute atomic E-state index is 12.0. The Bertz CT molecular complexity index is 692. The topological polar surface area (TPSA) is 47.6 Å². The summed E-state index contributed by atoms with van der Waals surface area (Å²) in [6.45, 7) is 1.95. The van der Waals surface area contributed by atoms with Crippen molar-refractivity contribution >= 4 is 17.7 Å². The third-order valence-electron chi connectivity index (χ3n) is 3.25. The lowest BCUT2D eigenvalue weighted by atomic mass is 10.1. The zero-order valence-electron chi connectivity index (χ0n) is 12.9. The summed E-state index contributed by atoms with van der Waals surface area (Å²) in [5.74, 6) is 1.04. The van der Waals surface area contributed by atoms with E-state index in [2.05, 4.69) is 5.32 Å². The Morgan fingerprint density at radius 2 is 1.82 bits per heavy atom. The highest BCUT2D eigenvalue weighted by atomic mass is 16.5. The van der Waals surface area contributed by atoms with Crippen LogP contribution in [0.4, 0.5) is 5.69 Å². The number of hydrogen-bond donors (Lipinski definition) is 1. The zero-order chi connectivity index (χ0) is 15.9. The van der Waals surface area contributed by atoms with Crippen molar-refractivity contribution in [1.82, 2.24) is 0 Å². The third kappa shape index (κ3) is 3.67. The number of carbonyl (C=O) groups is 1. The molecule has 0 spiro atoms. The number of hydrogen-bond acceptors (Lipinski definition) is 3. The van der Waals surface area contributed by atoms with Gasteiger partial charge in [-0.1, -0.05) is 30.3 Å². The van der Waals surface area contributed by atoms with Crippen molar-refractivity contribution in [2.45, 2.75) is 6.92 Å². The van der Waals surface area contributed by atoms with Crippen molar-refractivity contribution in [3.63, 3.8) is 0 Å². The van der Waals surface area contributed by atoms with E-state index in [1.54, 1.807) is 20.3 Å². The largest absolute Gasteiger partial charge is 0.493 e. The van der Waals surface area contributed by atoms with Crippen LogP contribution in [0.5, 0.6) is 11.5 Å². The monoisotopic (exact) mass is 297 g/mol. The summed E-state index contributed by atoms with van der Waals surface area (Å²) in [4.78, 5) is 12.0. The Morgan fingerprint density at radius 3 is 2.50 bits per heavy atom. The Morgan fingerprint density at radius 1 is 1.05 bits per heavy atom. The van der Waals surface area contributed by atoms with Crippen molar-refractivity contribution in [3.8, 4) is 11.5 Å². The molecule has 1 N–H and O–H groups in total. The quantitative estimate of drug-likeness (QED) is 0.857. The second-order valence-electron chi connectivity index (χ2n) is 4.72. The lowest BCUT2D eigenvalue weighted by Crippen LogP contribution is -2.08. The minimum atomic E-state index is -0.195. The third-order valence-corrected chi connectivity index (χ3v) is 3.25. The number of rotatable bonds is 5. The van der Waals surface area contributed by atoms with Crippen LogP contribution in [-0.2, 0) is 4.79 Å². The van der Waals surface area contributed by atoms with E-state index >= 15 is 0 Å². The van der Waals surface area contributed by atoms with Gasteiger partial charge < -0.3 is 14.8 Å². The molecule has 0 aliphatic carbocycles. The van der Waals surface area contributed by atoms with Gasteiger partial charge in [-0.05, 0) is 30.7 Å². The van der Waals surface area contributed by atoms with E-state index < -0.39 is 0 Å². The summed E-state index contributed by atoms with van der Waals surface area (Å²) >= 11 is 0. The molecule has 4 nitrogen and oxygen atoms in total. The van der Waals surface area contributed by atoms with E-state index in [-0.39, 0.29) is 5.91 Å². The van der Waals surface area contributed by atoms with Crippen LogP contribution in [0.1, 0.15) is 11.1 Å². The predicted octanol–water partition coefficient (Wildman–Crippen LogP) is 3.66. The molecule has 2 aromatic rings. The molecule has 1 amide bonds. The molecule has 0 aliphatic heterocycles. The first-order chi connectivity index (χ1) is 10.7. The SMILES string of the molecule is COc1cccc(/C=C/C(=O)Nc2ccccc2C)c1OC. The van der Waals surface area contributed by atoms with Gasteiger partial charge in [0.05, 0.1) is 14.2 Å². The fourth-order valence-corrected chi connectivity index (χ4v) is 2.10. The van der Waals surface area contributed by atoms with E-state index in [9.17, 15) is 4.79 Å². The molecular weight excluding hydrogens is 278 g/mol. The number of nitrogens with one attached hydrogen (secondary N) is 1. The molecule has 0 heterocycles. The normalized spacial score (nSPS) is 10.5. The molecule has 2 aromatic carbocycles. The van der Waals surface area contributed by atoms with Gasteiger partial charge in [-0.25, -0.2) is 0 Å². The zero-order valence-corrected chi connectivity index (χ0v) is 12.9. The second-order valence-corrected chi connectivity index (χ2v) is 4.72. The van der Waals surface area contributed by atoms with Crippen LogP contribution in [0.3, 0.4) is 0 Å². The fraction of sp³-hybridized carbons (Fsp3) is 0.167. The van der Waals surface area contributed by atoms with Crippen LogP contribution in [0.15, 0.2) is 48.5 Å². The molecule has 0 fully saturated rings. The van der Waals surface area contributed by atoms with Crippen LogP contribution in [0.2, 0.25) is 0 Å². The standard InChI is InChI=1S/C18H19NO3/c1-13-7-4-5-9-15(13)19-17(20)12-11-14-8-6-10-16(21-2)18(14)22-3/h4-12H,1-3H3,(H,19,20)/b12-11+. The predicted molar refractivity (Wildman–Crippen MR) is 88.4 cm³/mol. The maximum atomic E-state index is 12.0. The summed E-state index contributed by atoms with van der Waals surface area (Å²) in [5, 5.41) is 2.85. The molecule has 0 saturated heterocycles. The summed E-state index contributed by atoms with van der Waals surface area (Å²) < 4.78 is 10.6. The smallest absolute Gasteiger partial charge is 0.248 e. The Labute approximate surface area is 130 Å². The number of methoxy groups -OCH3 is 2. The highest BCUT2D eigenvalue weighted by Crippen LogP contribution is 2.31. The average Bonchev–Trinajstić information content (AvgIpc) is 2.54.